The van der Waals surface area contributed by atoms with Gasteiger partial charge < -0.3 is 21.1 Å². The lowest BCUT2D eigenvalue weighted by atomic mass is 9.99. The number of ether oxygens (including phenoxy) is 1. The second-order valence-corrected chi connectivity index (χ2v) is 10.4. The number of urea groups is 1. The Morgan fingerprint density at radius 1 is 1.19 bits per heavy atom. The van der Waals surface area contributed by atoms with Gasteiger partial charge in [0.15, 0.2) is 0 Å². The van der Waals surface area contributed by atoms with Gasteiger partial charge in [0.2, 0.25) is 11.8 Å². The predicted octanol–water partition coefficient (Wildman–Crippen LogP) is 3.95. The third kappa shape index (κ3) is 3.96. The van der Waals surface area contributed by atoms with Crippen molar-refractivity contribution in [1.82, 2.24) is 20.6 Å². The van der Waals surface area contributed by atoms with Gasteiger partial charge >= 0.3 is 6.03 Å². The molecule has 2 unspecified atom stereocenters. The van der Waals surface area contributed by atoms with Crippen molar-refractivity contribution >= 4 is 35.1 Å². The number of nitrogens with two attached hydrogens (primary N) is 1. The Kier molecular flexibility index (Phi) is 5.77. The molecule has 1 aliphatic carbocycles. The van der Waals surface area contributed by atoms with Gasteiger partial charge in [-0.1, -0.05) is 30.0 Å². The molecule has 3 aliphatic rings. The lowest BCUT2D eigenvalue weighted by Gasteiger charge is -2.35. The number of nitrogens with zero attached hydrogens (tertiary/aromatic N) is 3. The summed E-state index contributed by atoms with van der Waals surface area (Å²) < 4.78 is 5.85. The number of nitrogens with one attached hydrogen (secondary N) is 2. The molecule has 4 N–H and O–H groups in total. The number of rotatable bonds is 5. The summed E-state index contributed by atoms with van der Waals surface area (Å²) in [6, 6.07) is 12.2. The van der Waals surface area contributed by atoms with Gasteiger partial charge in [0.05, 0.1) is 23.6 Å². The SMILES string of the molecule is Cc1cc(Oc2ccccc2)ncc1N1C(=O)NC2c3c1ccnc3SC2C(=O)N[C@@H]1CCC[C@H]1N. The summed E-state index contributed by atoms with van der Waals surface area (Å²) in [4.78, 5) is 37.2. The zero-order valence-electron chi connectivity index (χ0n) is 19.7. The van der Waals surface area contributed by atoms with Crippen LogP contribution in [0.1, 0.15) is 36.4 Å². The number of hydrogen-bond acceptors (Lipinski definition) is 7. The Morgan fingerprint density at radius 3 is 2.78 bits per heavy atom. The number of thioether (sulfide) groups is 1. The summed E-state index contributed by atoms with van der Waals surface area (Å²) >= 11 is 1.38. The highest BCUT2D eigenvalue weighted by atomic mass is 32.2. The van der Waals surface area contributed by atoms with Crippen LogP contribution in [0.3, 0.4) is 0 Å². The Labute approximate surface area is 212 Å². The van der Waals surface area contributed by atoms with Gasteiger partial charge in [-0.3, -0.25) is 9.69 Å². The van der Waals surface area contributed by atoms with E-state index < -0.39 is 11.3 Å². The molecule has 10 heteroatoms. The van der Waals surface area contributed by atoms with E-state index in [2.05, 4.69) is 20.6 Å². The first-order chi connectivity index (χ1) is 17.5. The van der Waals surface area contributed by atoms with Crippen LogP contribution in [0.2, 0.25) is 0 Å². The molecular weight excluding hydrogens is 476 g/mol. The molecule has 4 atom stereocenters. The lowest BCUT2D eigenvalue weighted by Crippen LogP contribution is -2.52. The molecular formula is C26H26N6O3S. The van der Waals surface area contributed by atoms with E-state index in [4.69, 9.17) is 10.5 Å². The van der Waals surface area contributed by atoms with Crippen molar-refractivity contribution in [3.8, 4) is 11.6 Å². The molecule has 6 rings (SSSR count). The zero-order chi connectivity index (χ0) is 24.8. The zero-order valence-corrected chi connectivity index (χ0v) is 20.5. The second-order valence-electron chi connectivity index (χ2n) is 9.28. The third-order valence-corrected chi connectivity index (χ3v) is 8.21. The fraction of sp³-hybridized carbons (Fsp3) is 0.308. The Hall–Kier alpha value is -3.63. The van der Waals surface area contributed by atoms with Crippen molar-refractivity contribution in [3.05, 3.63) is 66.0 Å². The maximum Gasteiger partial charge on any atom is 0.327 e. The van der Waals surface area contributed by atoms with Crippen LogP contribution in [0.15, 0.2) is 59.9 Å². The first-order valence-electron chi connectivity index (χ1n) is 12.0. The maximum atomic E-state index is 13.4. The molecule has 0 radical (unpaired) electrons. The Morgan fingerprint density at radius 2 is 2.03 bits per heavy atom. The number of benzene rings is 1. The molecule has 2 aromatic heterocycles. The van der Waals surface area contributed by atoms with Gasteiger partial charge in [-0.15, -0.1) is 0 Å². The molecule has 36 heavy (non-hydrogen) atoms. The summed E-state index contributed by atoms with van der Waals surface area (Å²) in [5, 5.41) is 6.39. The molecule has 184 valence electrons. The van der Waals surface area contributed by atoms with Crippen LogP contribution < -0.4 is 26.0 Å². The summed E-state index contributed by atoms with van der Waals surface area (Å²) in [5.74, 6) is 1.00. The van der Waals surface area contributed by atoms with Gasteiger partial charge in [-0.05, 0) is 49.9 Å². The second kappa shape index (κ2) is 9.11. The predicted molar refractivity (Wildman–Crippen MR) is 137 cm³/mol. The number of aryl methyl sites for hydroxylation is 1. The van der Waals surface area contributed by atoms with Crippen LogP contribution in [0.4, 0.5) is 16.2 Å². The lowest BCUT2D eigenvalue weighted by molar-refractivity contribution is -0.121. The van der Waals surface area contributed by atoms with Crippen molar-refractivity contribution in [3.63, 3.8) is 0 Å². The number of amides is 3. The van der Waals surface area contributed by atoms with E-state index in [1.165, 1.54) is 11.8 Å². The van der Waals surface area contributed by atoms with Gasteiger partial charge in [0, 0.05) is 29.9 Å². The number of para-hydroxylation sites is 1. The molecule has 9 nitrogen and oxygen atoms in total. The average molecular weight is 503 g/mol. The molecule has 0 bridgehead atoms. The number of aromatic nitrogens is 2. The van der Waals surface area contributed by atoms with Gasteiger partial charge in [0.1, 0.15) is 16.0 Å². The van der Waals surface area contributed by atoms with E-state index in [-0.39, 0.29) is 24.0 Å². The van der Waals surface area contributed by atoms with Crippen LogP contribution in [0.5, 0.6) is 11.6 Å². The molecule has 3 amide bonds. The fourth-order valence-corrected chi connectivity index (χ4v) is 6.36. The van der Waals surface area contributed by atoms with Crippen LogP contribution in [0, 0.1) is 6.92 Å². The highest BCUT2D eigenvalue weighted by molar-refractivity contribution is 8.01. The molecule has 1 aromatic carbocycles. The third-order valence-electron chi connectivity index (χ3n) is 6.93. The Balaban J connectivity index is 1.28. The number of carbonyl (C=O) groups excluding carboxylic acids is 2. The molecule has 3 aromatic rings. The Bertz CT molecular complexity index is 1340. The highest BCUT2D eigenvalue weighted by Gasteiger charge is 2.47. The number of pyridine rings is 2. The van der Waals surface area contributed by atoms with Gasteiger partial charge in [0.25, 0.3) is 0 Å². The van der Waals surface area contributed by atoms with E-state index in [9.17, 15) is 9.59 Å². The minimum atomic E-state index is -0.506. The van der Waals surface area contributed by atoms with Crippen LogP contribution in [0.25, 0.3) is 0 Å². The van der Waals surface area contributed by atoms with E-state index in [0.717, 1.165) is 35.4 Å². The normalized spacial score (nSPS) is 24.3. The van der Waals surface area contributed by atoms with Crippen LogP contribution >= 0.6 is 11.8 Å². The van der Waals surface area contributed by atoms with Crippen LogP contribution in [-0.2, 0) is 4.79 Å². The first kappa shape index (κ1) is 22.8. The molecule has 0 saturated heterocycles. The largest absolute Gasteiger partial charge is 0.439 e. The number of anilines is 2. The molecule has 1 saturated carbocycles. The number of carbonyl (C=O) groups is 2. The van der Waals surface area contributed by atoms with Crippen molar-refractivity contribution in [2.24, 2.45) is 5.73 Å². The topological polar surface area (TPSA) is 122 Å². The van der Waals surface area contributed by atoms with E-state index in [0.29, 0.717) is 23.0 Å². The maximum absolute atomic E-state index is 13.4. The minimum absolute atomic E-state index is 0.0304. The quantitative estimate of drug-likeness (QED) is 0.483. The van der Waals surface area contributed by atoms with Gasteiger partial charge in [-0.2, -0.15) is 0 Å². The van der Waals surface area contributed by atoms with Crippen LogP contribution in [-0.4, -0.2) is 39.2 Å². The summed E-state index contributed by atoms with van der Waals surface area (Å²) in [6.45, 7) is 1.91. The minimum Gasteiger partial charge on any atom is -0.439 e. The van der Waals surface area contributed by atoms with Gasteiger partial charge in [-0.25, -0.2) is 14.8 Å². The highest BCUT2D eigenvalue weighted by Crippen LogP contribution is 2.51. The van der Waals surface area contributed by atoms with E-state index >= 15 is 0 Å². The van der Waals surface area contributed by atoms with E-state index in [1.54, 1.807) is 23.4 Å². The number of hydrogen-bond donors (Lipinski definition) is 3. The standard InChI is InChI=1S/C26H26N6O3S/c1-14-12-20(35-15-6-3-2-4-7-15)29-13-19(14)32-18-10-11-28-25-21(18)22(31-26(32)34)23(36-25)24(33)30-17-9-5-8-16(17)27/h2-4,6-7,10-13,16-17,22-23H,5,8-9,27H2,1H3,(H,30,33)(H,31,34)/t16-,17-,22?,23?/m1/s1. The van der Waals surface area contributed by atoms with Crippen molar-refractivity contribution in [2.75, 3.05) is 4.90 Å². The van der Waals surface area contributed by atoms with Crippen molar-refractivity contribution in [2.45, 2.75) is 54.6 Å². The molecule has 1 fully saturated rings. The summed E-state index contributed by atoms with van der Waals surface area (Å²) in [5.41, 5.74) is 9.17. The molecule has 4 heterocycles. The molecule has 0 spiro atoms. The monoisotopic (exact) mass is 502 g/mol. The fourth-order valence-electron chi connectivity index (χ4n) is 5.12. The summed E-state index contributed by atoms with van der Waals surface area (Å²) in [7, 11) is 0. The average Bonchev–Trinajstić information content (AvgIpc) is 3.45. The molecule has 2 aliphatic heterocycles. The summed E-state index contributed by atoms with van der Waals surface area (Å²) in [6.07, 6.45) is 6.10. The van der Waals surface area contributed by atoms with Crippen molar-refractivity contribution < 1.29 is 14.3 Å². The van der Waals surface area contributed by atoms with Crippen molar-refractivity contribution in [1.29, 1.82) is 0 Å². The first-order valence-corrected chi connectivity index (χ1v) is 12.9. The van der Waals surface area contributed by atoms with E-state index in [1.807, 2.05) is 43.3 Å². The smallest absolute Gasteiger partial charge is 0.327 e.